The largest absolute Gasteiger partial charge is 0.345 e. The molecule has 1 aromatic heterocycles. The SMILES string of the molecule is CSc1ccc(/C=N/NC(=O)c2ccc3nc[nH]c3c2)cc1. The van der Waals surface area contributed by atoms with Gasteiger partial charge >= 0.3 is 0 Å². The van der Waals surface area contributed by atoms with E-state index in [1.54, 1.807) is 42.5 Å². The first kappa shape index (κ1) is 14.3. The second-order valence-corrected chi connectivity index (χ2v) is 5.49. The predicted octanol–water partition coefficient (Wildman–Crippen LogP) is 3.05. The monoisotopic (exact) mass is 310 g/mol. The van der Waals surface area contributed by atoms with Crippen LogP contribution in [0.4, 0.5) is 0 Å². The van der Waals surface area contributed by atoms with Crippen molar-refractivity contribution in [3.63, 3.8) is 0 Å². The molecule has 6 heteroatoms. The van der Waals surface area contributed by atoms with E-state index < -0.39 is 0 Å². The molecule has 1 amide bonds. The average molecular weight is 310 g/mol. The third-order valence-electron chi connectivity index (χ3n) is 3.18. The van der Waals surface area contributed by atoms with Gasteiger partial charge in [0.25, 0.3) is 5.91 Å². The summed E-state index contributed by atoms with van der Waals surface area (Å²) in [4.78, 5) is 20.3. The lowest BCUT2D eigenvalue weighted by atomic mass is 10.2. The number of hydrogen-bond acceptors (Lipinski definition) is 4. The number of nitrogens with one attached hydrogen (secondary N) is 2. The molecule has 0 spiro atoms. The third-order valence-corrected chi connectivity index (χ3v) is 3.92. The van der Waals surface area contributed by atoms with Crippen molar-refractivity contribution < 1.29 is 4.79 Å². The molecule has 0 saturated heterocycles. The summed E-state index contributed by atoms with van der Waals surface area (Å²) in [5.41, 5.74) is 5.64. The van der Waals surface area contributed by atoms with Crippen molar-refractivity contribution in [3.8, 4) is 0 Å². The molecule has 0 aliphatic heterocycles. The number of imidazole rings is 1. The van der Waals surface area contributed by atoms with Crippen LogP contribution < -0.4 is 5.43 Å². The number of hydrazone groups is 1. The second kappa shape index (κ2) is 6.44. The Bertz CT molecular complexity index is 824. The molecule has 0 radical (unpaired) electrons. The molecule has 1 heterocycles. The van der Waals surface area contributed by atoms with Gasteiger partial charge in [0.2, 0.25) is 0 Å². The highest BCUT2D eigenvalue weighted by atomic mass is 32.2. The molecular weight excluding hydrogens is 296 g/mol. The van der Waals surface area contributed by atoms with Gasteiger partial charge < -0.3 is 4.98 Å². The number of fused-ring (bicyclic) bond motifs is 1. The first-order valence-electron chi connectivity index (χ1n) is 6.67. The Labute approximate surface area is 131 Å². The Kier molecular flexibility index (Phi) is 4.20. The molecule has 22 heavy (non-hydrogen) atoms. The standard InChI is InChI=1S/C16H14N4OS/c1-22-13-5-2-11(3-6-13)9-19-20-16(21)12-4-7-14-15(8-12)18-10-17-14/h2-10H,1H3,(H,17,18)(H,20,21)/b19-9+. The molecule has 0 atom stereocenters. The highest BCUT2D eigenvalue weighted by Crippen LogP contribution is 2.14. The molecule has 0 aliphatic carbocycles. The van der Waals surface area contributed by atoms with E-state index in [0.29, 0.717) is 5.56 Å². The number of nitrogens with zero attached hydrogens (tertiary/aromatic N) is 2. The molecule has 0 bridgehead atoms. The molecule has 3 rings (SSSR count). The summed E-state index contributed by atoms with van der Waals surface area (Å²) in [6.07, 6.45) is 5.25. The number of H-pyrrole nitrogens is 1. The molecule has 0 aliphatic rings. The van der Waals surface area contributed by atoms with Gasteiger partial charge in [-0.2, -0.15) is 5.10 Å². The van der Waals surface area contributed by atoms with E-state index in [1.807, 2.05) is 30.5 Å². The van der Waals surface area contributed by atoms with Crippen LogP contribution in [0.1, 0.15) is 15.9 Å². The van der Waals surface area contributed by atoms with Crippen molar-refractivity contribution in [3.05, 3.63) is 59.9 Å². The number of carbonyl (C=O) groups is 1. The van der Waals surface area contributed by atoms with Crippen molar-refractivity contribution in [1.82, 2.24) is 15.4 Å². The fourth-order valence-corrected chi connectivity index (χ4v) is 2.41. The lowest BCUT2D eigenvalue weighted by Crippen LogP contribution is -2.17. The van der Waals surface area contributed by atoms with Crippen LogP contribution in [0.5, 0.6) is 0 Å². The summed E-state index contributed by atoms with van der Waals surface area (Å²) in [5, 5.41) is 3.98. The number of rotatable bonds is 4. The van der Waals surface area contributed by atoms with Gasteiger partial charge in [0.15, 0.2) is 0 Å². The van der Waals surface area contributed by atoms with Crippen LogP contribution in [0.3, 0.4) is 0 Å². The van der Waals surface area contributed by atoms with Crippen LogP contribution in [0, 0.1) is 0 Å². The van der Waals surface area contributed by atoms with Gasteiger partial charge in [-0.3, -0.25) is 4.79 Å². The Morgan fingerprint density at radius 2 is 2.09 bits per heavy atom. The molecule has 5 nitrogen and oxygen atoms in total. The van der Waals surface area contributed by atoms with E-state index in [2.05, 4.69) is 20.5 Å². The highest BCUT2D eigenvalue weighted by molar-refractivity contribution is 7.98. The van der Waals surface area contributed by atoms with Gasteiger partial charge in [0.1, 0.15) is 0 Å². The van der Waals surface area contributed by atoms with E-state index in [0.717, 1.165) is 16.6 Å². The fourth-order valence-electron chi connectivity index (χ4n) is 2.00. The number of carbonyl (C=O) groups excluding carboxylic acids is 1. The second-order valence-electron chi connectivity index (χ2n) is 4.61. The minimum atomic E-state index is -0.256. The van der Waals surface area contributed by atoms with Crippen molar-refractivity contribution in [2.45, 2.75) is 4.90 Å². The van der Waals surface area contributed by atoms with E-state index in [9.17, 15) is 4.79 Å². The van der Waals surface area contributed by atoms with Gasteiger partial charge in [0, 0.05) is 10.5 Å². The van der Waals surface area contributed by atoms with Crippen LogP contribution in [0.15, 0.2) is 58.8 Å². The molecule has 110 valence electrons. The minimum absolute atomic E-state index is 0.256. The summed E-state index contributed by atoms with van der Waals surface area (Å²) in [6.45, 7) is 0. The summed E-state index contributed by atoms with van der Waals surface area (Å²) in [6, 6.07) is 13.2. The zero-order valence-electron chi connectivity index (χ0n) is 11.9. The van der Waals surface area contributed by atoms with Crippen molar-refractivity contribution in [2.24, 2.45) is 5.10 Å². The van der Waals surface area contributed by atoms with E-state index >= 15 is 0 Å². The molecular formula is C16H14N4OS. The molecule has 2 N–H and O–H groups in total. The normalized spacial score (nSPS) is 11.1. The summed E-state index contributed by atoms with van der Waals surface area (Å²) >= 11 is 1.68. The van der Waals surface area contributed by atoms with E-state index in [1.165, 1.54) is 4.90 Å². The van der Waals surface area contributed by atoms with Crippen molar-refractivity contribution >= 4 is 34.9 Å². The summed E-state index contributed by atoms with van der Waals surface area (Å²) in [7, 11) is 0. The lowest BCUT2D eigenvalue weighted by molar-refractivity contribution is 0.0955. The van der Waals surface area contributed by atoms with Gasteiger partial charge in [0.05, 0.1) is 23.6 Å². The molecule has 2 aromatic carbocycles. The number of benzene rings is 2. The Hall–Kier alpha value is -2.60. The number of amides is 1. The first-order valence-corrected chi connectivity index (χ1v) is 7.89. The van der Waals surface area contributed by atoms with Gasteiger partial charge in [-0.1, -0.05) is 12.1 Å². The topological polar surface area (TPSA) is 70.1 Å². The Morgan fingerprint density at radius 3 is 2.86 bits per heavy atom. The van der Waals surface area contributed by atoms with Crippen molar-refractivity contribution in [1.29, 1.82) is 0 Å². The Morgan fingerprint density at radius 1 is 1.27 bits per heavy atom. The maximum atomic E-state index is 12.0. The van der Waals surface area contributed by atoms with Crippen LogP contribution in [-0.2, 0) is 0 Å². The summed E-state index contributed by atoms with van der Waals surface area (Å²) < 4.78 is 0. The van der Waals surface area contributed by atoms with Gasteiger partial charge in [-0.15, -0.1) is 11.8 Å². The summed E-state index contributed by atoms with van der Waals surface area (Å²) in [5.74, 6) is -0.256. The van der Waals surface area contributed by atoms with E-state index in [-0.39, 0.29) is 5.91 Å². The average Bonchev–Trinajstić information content (AvgIpc) is 3.03. The molecule has 0 saturated carbocycles. The molecule has 0 fully saturated rings. The van der Waals surface area contributed by atoms with Crippen LogP contribution in [-0.4, -0.2) is 28.3 Å². The van der Waals surface area contributed by atoms with Crippen molar-refractivity contribution in [2.75, 3.05) is 6.26 Å². The maximum Gasteiger partial charge on any atom is 0.271 e. The minimum Gasteiger partial charge on any atom is -0.345 e. The zero-order chi connectivity index (χ0) is 15.4. The highest BCUT2D eigenvalue weighted by Gasteiger charge is 2.06. The van der Waals surface area contributed by atoms with Crippen LogP contribution in [0.2, 0.25) is 0 Å². The predicted molar refractivity (Wildman–Crippen MR) is 89.4 cm³/mol. The quantitative estimate of drug-likeness (QED) is 0.442. The fraction of sp³-hybridized carbons (Fsp3) is 0.0625. The zero-order valence-corrected chi connectivity index (χ0v) is 12.7. The number of aromatic nitrogens is 2. The maximum absolute atomic E-state index is 12.0. The lowest BCUT2D eigenvalue weighted by Gasteiger charge is -2.00. The van der Waals surface area contributed by atoms with Crippen LogP contribution >= 0.6 is 11.8 Å². The first-order chi connectivity index (χ1) is 10.8. The van der Waals surface area contributed by atoms with Crippen LogP contribution in [0.25, 0.3) is 11.0 Å². The van der Waals surface area contributed by atoms with Gasteiger partial charge in [-0.25, -0.2) is 10.4 Å². The number of aromatic amines is 1. The Balaban J connectivity index is 1.66. The number of hydrogen-bond donors (Lipinski definition) is 2. The van der Waals surface area contributed by atoms with Gasteiger partial charge in [-0.05, 0) is 42.2 Å². The molecule has 3 aromatic rings. The third kappa shape index (κ3) is 3.17. The smallest absolute Gasteiger partial charge is 0.271 e. The van der Waals surface area contributed by atoms with E-state index in [4.69, 9.17) is 0 Å². The molecule has 0 unspecified atom stereocenters. The number of thioether (sulfide) groups is 1.